The number of methoxy groups -OCH3 is 1. The van der Waals surface area contributed by atoms with Gasteiger partial charge >= 0.3 is 0 Å². The van der Waals surface area contributed by atoms with E-state index in [2.05, 4.69) is 22.3 Å². The fraction of sp³-hybridized carbons (Fsp3) is 0.400. The van der Waals surface area contributed by atoms with E-state index in [0.717, 1.165) is 43.2 Å². The summed E-state index contributed by atoms with van der Waals surface area (Å²) in [5.74, 6) is -0.0228. The van der Waals surface area contributed by atoms with Gasteiger partial charge < -0.3 is 10.1 Å². The van der Waals surface area contributed by atoms with Crippen molar-refractivity contribution in [1.29, 1.82) is 0 Å². The molecule has 3 nitrogen and oxygen atoms in total. The largest absolute Gasteiger partial charge is 0.494 e. The van der Waals surface area contributed by atoms with Crippen LogP contribution in [0.2, 0.25) is 5.02 Å². The number of rotatable bonds is 6. The van der Waals surface area contributed by atoms with Gasteiger partial charge in [0.15, 0.2) is 11.6 Å². The van der Waals surface area contributed by atoms with Crippen LogP contribution in [0.15, 0.2) is 42.5 Å². The monoisotopic (exact) mass is 362 g/mol. The second kappa shape index (κ2) is 8.65. The Kier molecular flexibility index (Phi) is 6.29. The SMILES string of the molecule is COc1cc(CN[C@@H]2CCCN(Cc3ccc(Cl)cc3)C2)ccc1F. The van der Waals surface area contributed by atoms with Crippen molar-refractivity contribution in [2.24, 2.45) is 0 Å². The van der Waals surface area contributed by atoms with Gasteiger partial charge in [-0.2, -0.15) is 0 Å². The van der Waals surface area contributed by atoms with Crippen LogP contribution in [-0.2, 0) is 13.1 Å². The first-order chi connectivity index (χ1) is 12.1. The van der Waals surface area contributed by atoms with E-state index in [0.29, 0.717) is 11.8 Å². The lowest BCUT2D eigenvalue weighted by Crippen LogP contribution is -2.45. The van der Waals surface area contributed by atoms with E-state index in [1.54, 1.807) is 12.1 Å². The van der Waals surface area contributed by atoms with Crippen LogP contribution in [0.3, 0.4) is 0 Å². The molecule has 3 rings (SSSR count). The van der Waals surface area contributed by atoms with Crippen molar-refractivity contribution in [2.45, 2.75) is 32.0 Å². The summed E-state index contributed by atoms with van der Waals surface area (Å²) in [5, 5.41) is 4.37. The van der Waals surface area contributed by atoms with Gasteiger partial charge in [0.25, 0.3) is 0 Å². The molecule has 1 atom stereocenters. The molecule has 134 valence electrons. The molecule has 1 aliphatic heterocycles. The Labute approximate surface area is 153 Å². The molecular weight excluding hydrogens is 339 g/mol. The van der Waals surface area contributed by atoms with Crippen LogP contribution in [0.25, 0.3) is 0 Å². The first-order valence-corrected chi connectivity index (χ1v) is 9.04. The summed E-state index contributed by atoms with van der Waals surface area (Å²) in [7, 11) is 1.49. The molecule has 1 heterocycles. The van der Waals surface area contributed by atoms with Crippen molar-refractivity contribution in [1.82, 2.24) is 10.2 Å². The van der Waals surface area contributed by atoms with Gasteiger partial charge in [-0.05, 0) is 54.8 Å². The Hall–Kier alpha value is -1.62. The van der Waals surface area contributed by atoms with Crippen molar-refractivity contribution in [2.75, 3.05) is 20.2 Å². The van der Waals surface area contributed by atoms with E-state index in [1.807, 2.05) is 12.1 Å². The zero-order chi connectivity index (χ0) is 17.6. The zero-order valence-corrected chi connectivity index (χ0v) is 15.2. The summed E-state index contributed by atoms with van der Waals surface area (Å²) in [6, 6.07) is 13.5. The van der Waals surface area contributed by atoms with Gasteiger partial charge in [0.2, 0.25) is 0 Å². The number of nitrogens with zero attached hydrogens (tertiary/aromatic N) is 1. The number of halogens is 2. The van der Waals surface area contributed by atoms with Crippen LogP contribution >= 0.6 is 11.6 Å². The fourth-order valence-electron chi connectivity index (χ4n) is 3.29. The molecule has 0 radical (unpaired) electrons. The molecule has 1 saturated heterocycles. The highest BCUT2D eigenvalue weighted by atomic mass is 35.5. The molecule has 0 aromatic heterocycles. The molecule has 0 aliphatic carbocycles. The molecule has 25 heavy (non-hydrogen) atoms. The number of hydrogen-bond acceptors (Lipinski definition) is 3. The summed E-state index contributed by atoms with van der Waals surface area (Å²) in [6.07, 6.45) is 2.34. The third-order valence-corrected chi connectivity index (χ3v) is 4.89. The summed E-state index contributed by atoms with van der Waals surface area (Å²) in [5.41, 5.74) is 2.32. The summed E-state index contributed by atoms with van der Waals surface area (Å²) >= 11 is 5.95. The van der Waals surface area contributed by atoms with Crippen molar-refractivity contribution in [3.8, 4) is 5.75 Å². The molecule has 2 aromatic carbocycles. The van der Waals surface area contributed by atoms with Crippen LogP contribution in [0.1, 0.15) is 24.0 Å². The second-order valence-electron chi connectivity index (χ2n) is 6.55. The molecule has 2 aromatic rings. The molecule has 0 saturated carbocycles. The Morgan fingerprint density at radius 2 is 1.96 bits per heavy atom. The Morgan fingerprint density at radius 3 is 2.72 bits per heavy atom. The normalized spacial score (nSPS) is 18.3. The van der Waals surface area contributed by atoms with Crippen molar-refractivity contribution < 1.29 is 9.13 Å². The summed E-state index contributed by atoms with van der Waals surface area (Å²) < 4.78 is 18.5. The van der Waals surface area contributed by atoms with E-state index >= 15 is 0 Å². The summed E-state index contributed by atoms with van der Waals surface area (Å²) in [6.45, 7) is 3.79. The number of nitrogens with one attached hydrogen (secondary N) is 1. The highest BCUT2D eigenvalue weighted by Crippen LogP contribution is 2.19. The van der Waals surface area contributed by atoms with E-state index in [-0.39, 0.29) is 5.82 Å². The lowest BCUT2D eigenvalue weighted by atomic mass is 10.0. The average molecular weight is 363 g/mol. The third-order valence-electron chi connectivity index (χ3n) is 4.64. The van der Waals surface area contributed by atoms with E-state index in [1.165, 1.54) is 25.2 Å². The predicted molar refractivity (Wildman–Crippen MR) is 99.5 cm³/mol. The van der Waals surface area contributed by atoms with Crippen molar-refractivity contribution in [3.05, 3.63) is 64.4 Å². The van der Waals surface area contributed by atoms with Gasteiger partial charge in [0, 0.05) is 30.7 Å². The van der Waals surface area contributed by atoms with Gasteiger partial charge in [-0.3, -0.25) is 4.90 Å². The van der Waals surface area contributed by atoms with Crippen LogP contribution in [-0.4, -0.2) is 31.1 Å². The topological polar surface area (TPSA) is 24.5 Å². The first-order valence-electron chi connectivity index (χ1n) is 8.66. The lowest BCUT2D eigenvalue weighted by molar-refractivity contribution is 0.182. The molecule has 0 amide bonds. The van der Waals surface area contributed by atoms with Crippen LogP contribution in [0.4, 0.5) is 4.39 Å². The van der Waals surface area contributed by atoms with Crippen molar-refractivity contribution in [3.63, 3.8) is 0 Å². The molecule has 0 spiro atoms. The van der Waals surface area contributed by atoms with Crippen LogP contribution in [0, 0.1) is 5.82 Å². The Bertz CT molecular complexity index is 693. The van der Waals surface area contributed by atoms with Gasteiger partial charge in [0.05, 0.1) is 7.11 Å². The average Bonchev–Trinajstić information content (AvgIpc) is 2.63. The number of benzene rings is 2. The number of hydrogen-bond donors (Lipinski definition) is 1. The van der Waals surface area contributed by atoms with Crippen molar-refractivity contribution >= 4 is 11.6 Å². The molecule has 0 unspecified atom stereocenters. The Balaban J connectivity index is 1.52. The lowest BCUT2D eigenvalue weighted by Gasteiger charge is -2.33. The quantitative estimate of drug-likeness (QED) is 0.831. The minimum absolute atomic E-state index is 0.298. The van der Waals surface area contributed by atoms with Crippen LogP contribution < -0.4 is 10.1 Å². The second-order valence-corrected chi connectivity index (χ2v) is 6.99. The molecular formula is C20H24ClFN2O. The third kappa shape index (κ3) is 5.18. The van der Waals surface area contributed by atoms with E-state index in [4.69, 9.17) is 16.3 Å². The van der Waals surface area contributed by atoms with Crippen LogP contribution in [0.5, 0.6) is 5.75 Å². The van der Waals surface area contributed by atoms with Gasteiger partial charge in [-0.15, -0.1) is 0 Å². The highest BCUT2D eigenvalue weighted by molar-refractivity contribution is 6.30. The summed E-state index contributed by atoms with van der Waals surface area (Å²) in [4.78, 5) is 2.47. The maximum Gasteiger partial charge on any atom is 0.165 e. The van der Waals surface area contributed by atoms with E-state index < -0.39 is 0 Å². The standard InChI is InChI=1S/C20H24ClFN2O/c1-25-20-11-16(6-9-19(20)22)12-23-18-3-2-10-24(14-18)13-15-4-7-17(21)8-5-15/h4-9,11,18,23H,2-3,10,12-14H2,1H3/t18-/m1/s1. The fourth-order valence-corrected chi connectivity index (χ4v) is 3.42. The van der Waals surface area contributed by atoms with Gasteiger partial charge in [-0.1, -0.05) is 29.8 Å². The molecule has 5 heteroatoms. The number of piperidine rings is 1. The molecule has 0 bridgehead atoms. The molecule has 1 aliphatic rings. The first kappa shape index (κ1) is 18.2. The predicted octanol–water partition coefficient (Wildman–Crippen LogP) is 4.24. The number of likely N-dealkylation sites (tertiary alicyclic amines) is 1. The maximum absolute atomic E-state index is 13.5. The molecule has 1 N–H and O–H groups in total. The Morgan fingerprint density at radius 1 is 1.20 bits per heavy atom. The molecule has 1 fully saturated rings. The smallest absolute Gasteiger partial charge is 0.165 e. The van der Waals surface area contributed by atoms with Gasteiger partial charge in [-0.25, -0.2) is 4.39 Å². The van der Waals surface area contributed by atoms with Gasteiger partial charge in [0.1, 0.15) is 0 Å². The minimum Gasteiger partial charge on any atom is -0.494 e. The highest BCUT2D eigenvalue weighted by Gasteiger charge is 2.19. The zero-order valence-electron chi connectivity index (χ0n) is 14.5. The van der Waals surface area contributed by atoms with E-state index in [9.17, 15) is 4.39 Å². The maximum atomic E-state index is 13.5. The number of ether oxygens (including phenoxy) is 1. The minimum atomic E-state index is -0.321.